The summed E-state index contributed by atoms with van der Waals surface area (Å²) < 4.78 is 18.0. The highest BCUT2D eigenvalue weighted by molar-refractivity contribution is 5.67. The molecule has 0 bridgehead atoms. The Bertz CT molecular complexity index is 898. The fraction of sp³-hybridized carbons (Fsp3) is 0.211. The van der Waals surface area contributed by atoms with Crippen LogP contribution in [0.1, 0.15) is 22.3 Å². The van der Waals surface area contributed by atoms with Gasteiger partial charge in [0.1, 0.15) is 11.4 Å². The minimum absolute atomic E-state index is 0.186. The van der Waals surface area contributed by atoms with E-state index in [0.717, 1.165) is 11.6 Å². The van der Waals surface area contributed by atoms with Crippen LogP contribution in [-0.2, 0) is 11.3 Å². The molecule has 0 saturated carbocycles. The number of aryl methyl sites for hydroxylation is 1. The van der Waals surface area contributed by atoms with Gasteiger partial charge in [-0.2, -0.15) is 0 Å². The Labute approximate surface area is 150 Å². The first kappa shape index (κ1) is 18.9. The van der Waals surface area contributed by atoms with Crippen LogP contribution in [0, 0.1) is 34.7 Å². The van der Waals surface area contributed by atoms with Crippen molar-refractivity contribution in [2.24, 2.45) is 0 Å². The van der Waals surface area contributed by atoms with Gasteiger partial charge in [-0.15, -0.1) is 0 Å². The number of nitro groups is 1. The van der Waals surface area contributed by atoms with E-state index in [9.17, 15) is 19.3 Å². The van der Waals surface area contributed by atoms with Crippen molar-refractivity contribution in [2.75, 3.05) is 14.2 Å². The summed E-state index contributed by atoms with van der Waals surface area (Å²) in [5.74, 6) is 4.93. The fourth-order valence-electron chi connectivity index (χ4n) is 2.35. The largest absolute Gasteiger partial charge is 0.453 e. The molecule has 0 spiro atoms. The van der Waals surface area contributed by atoms with Crippen LogP contribution in [0.3, 0.4) is 0 Å². The summed E-state index contributed by atoms with van der Waals surface area (Å²) >= 11 is 0. The summed E-state index contributed by atoms with van der Waals surface area (Å²) in [6.07, 6.45) is -0.437. The number of hydrogen-bond donors (Lipinski definition) is 0. The van der Waals surface area contributed by atoms with Crippen molar-refractivity contribution in [1.82, 2.24) is 4.90 Å². The normalized spacial score (nSPS) is 9.85. The Morgan fingerprint density at radius 3 is 2.50 bits per heavy atom. The number of rotatable bonds is 3. The predicted octanol–water partition coefficient (Wildman–Crippen LogP) is 3.64. The van der Waals surface area contributed by atoms with Gasteiger partial charge in [0.2, 0.25) is 0 Å². The van der Waals surface area contributed by atoms with Crippen molar-refractivity contribution >= 4 is 11.8 Å². The smallest absolute Gasteiger partial charge is 0.409 e. The van der Waals surface area contributed by atoms with Gasteiger partial charge in [0.25, 0.3) is 5.69 Å². The van der Waals surface area contributed by atoms with Gasteiger partial charge in [-0.25, -0.2) is 9.18 Å². The van der Waals surface area contributed by atoms with Gasteiger partial charge in [-0.05, 0) is 36.2 Å². The highest BCUT2D eigenvalue weighted by atomic mass is 19.1. The van der Waals surface area contributed by atoms with E-state index < -0.39 is 16.8 Å². The second kappa shape index (κ2) is 8.12. The summed E-state index contributed by atoms with van der Waals surface area (Å²) in [5.41, 5.74) is 1.76. The molecule has 0 atom stereocenters. The molecule has 0 aliphatic carbocycles. The molecule has 7 heteroatoms. The highest BCUT2D eigenvalue weighted by Gasteiger charge is 2.16. The molecule has 0 aromatic heterocycles. The van der Waals surface area contributed by atoms with Crippen LogP contribution in [0.5, 0.6) is 0 Å². The van der Waals surface area contributed by atoms with Crippen LogP contribution in [0.4, 0.5) is 14.9 Å². The Morgan fingerprint density at radius 2 is 1.92 bits per heavy atom. The van der Waals surface area contributed by atoms with Crippen LogP contribution in [-0.4, -0.2) is 30.1 Å². The molecule has 0 aliphatic heterocycles. The molecule has 0 N–H and O–H groups in total. The number of hydrogen-bond acceptors (Lipinski definition) is 4. The summed E-state index contributed by atoms with van der Waals surface area (Å²) in [5, 5.41) is 11.1. The fourth-order valence-corrected chi connectivity index (χ4v) is 2.35. The number of ether oxygens (including phenoxy) is 1. The summed E-state index contributed by atoms with van der Waals surface area (Å²) in [4.78, 5) is 23.3. The van der Waals surface area contributed by atoms with E-state index in [4.69, 9.17) is 0 Å². The van der Waals surface area contributed by atoms with Crippen molar-refractivity contribution in [3.63, 3.8) is 0 Å². The van der Waals surface area contributed by atoms with Crippen LogP contribution in [0.15, 0.2) is 36.4 Å². The lowest BCUT2D eigenvalue weighted by Crippen LogP contribution is -2.25. The third-order valence-corrected chi connectivity index (χ3v) is 3.67. The second-order valence-electron chi connectivity index (χ2n) is 5.65. The first-order valence-corrected chi connectivity index (χ1v) is 7.66. The highest BCUT2D eigenvalue weighted by Crippen LogP contribution is 2.23. The Morgan fingerprint density at radius 1 is 1.27 bits per heavy atom. The molecule has 2 rings (SSSR count). The van der Waals surface area contributed by atoms with E-state index in [1.807, 2.05) is 0 Å². The lowest BCUT2D eigenvalue weighted by Gasteiger charge is -2.15. The molecule has 6 nitrogen and oxygen atoms in total. The molecule has 2 aromatic rings. The lowest BCUT2D eigenvalue weighted by molar-refractivity contribution is -0.385. The topological polar surface area (TPSA) is 72.7 Å². The lowest BCUT2D eigenvalue weighted by atomic mass is 10.1. The number of carbonyl (C=O) groups is 1. The van der Waals surface area contributed by atoms with Gasteiger partial charge in [0.05, 0.1) is 18.1 Å². The first-order chi connectivity index (χ1) is 12.3. The minimum atomic E-state index is -0.668. The average Bonchev–Trinajstić information content (AvgIpc) is 2.60. The standard InChI is InChI=1S/C19H17FN2O4/c1-13-10-16(20)11-18(22(24)25)17(13)9-8-14-4-6-15(7-5-14)12-21(2)19(23)26-3/h4-7,10-11H,12H2,1-3H3. The zero-order valence-electron chi connectivity index (χ0n) is 14.6. The SMILES string of the molecule is COC(=O)N(C)Cc1ccc(C#Cc2c(C)cc(F)cc2[N+](=O)[O-])cc1. The Kier molecular flexibility index (Phi) is 5.91. The van der Waals surface area contributed by atoms with Crippen LogP contribution >= 0.6 is 0 Å². The molecule has 2 aromatic carbocycles. The molecule has 0 heterocycles. The van der Waals surface area contributed by atoms with Gasteiger partial charge in [-0.1, -0.05) is 24.0 Å². The quantitative estimate of drug-likeness (QED) is 0.478. The zero-order chi connectivity index (χ0) is 19.3. The molecule has 0 radical (unpaired) electrons. The number of carbonyl (C=O) groups excluding carboxylic acids is 1. The number of halogens is 1. The number of nitro benzene ring substituents is 1. The molecular weight excluding hydrogens is 339 g/mol. The van der Waals surface area contributed by atoms with Crippen molar-refractivity contribution in [3.8, 4) is 11.8 Å². The van der Waals surface area contributed by atoms with Crippen LogP contribution in [0.2, 0.25) is 0 Å². The molecule has 1 amide bonds. The van der Waals surface area contributed by atoms with E-state index in [2.05, 4.69) is 16.6 Å². The Hall–Kier alpha value is -3.40. The number of amides is 1. The maximum absolute atomic E-state index is 13.4. The minimum Gasteiger partial charge on any atom is -0.453 e. The third kappa shape index (κ3) is 4.57. The van der Waals surface area contributed by atoms with Crippen molar-refractivity contribution in [1.29, 1.82) is 0 Å². The molecule has 0 aliphatic rings. The molecule has 0 unspecified atom stereocenters. The van der Waals surface area contributed by atoms with Crippen molar-refractivity contribution in [3.05, 3.63) is 74.6 Å². The number of nitrogens with zero attached hydrogens (tertiary/aromatic N) is 2. The molecular formula is C19H17FN2O4. The van der Waals surface area contributed by atoms with Crippen LogP contribution < -0.4 is 0 Å². The van der Waals surface area contributed by atoms with Crippen molar-refractivity contribution < 1.29 is 18.8 Å². The van der Waals surface area contributed by atoms with E-state index in [1.54, 1.807) is 38.2 Å². The van der Waals surface area contributed by atoms with E-state index in [-0.39, 0.29) is 11.3 Å². The molecule has 0 saturated heterocycles. The summed E-state index contributed by atoms with van der Waals surface area (Å²) in [6, 6.07) is 9.17. The van der Waals surface area contributed by atoms with Gasteiger partial charge >= 0.3 is 6.09 Å². The van der Waals surface area contributed by atoms with Gasteiger partial charge in [0, 0.05) is 19.2 Å². The van der Waals surface area contributed by atoms with E-state index in [1.165, 1.54) is 18.1 Å². The summed E-state index contributed by atoms with van der Waals surface area (Å²) in [6.45, 7) is 1.95. The molecule has 0 fully saturated rings. The summed E-state index contributed by atoms with van der Waals surface area (Å²) in [7, 11) is 2.93. The van der Waals surface area contributed by atoms with Gasteiger partial charge < -0.3 is 9.64 Å². The van der Waals surface area contributed by atoms with Gasteiger partial charge in [-0.3, -0.25) is 10.1 Å². The third-order valence-electron chi connectivity index (χ3n) is 3.67. The monoisotopic (exact) mass is 356 g/mol. The van der Waals surface area contributed by atoms with Crippen LogP contribution in [0.25, 0.3) is 0 Å². The molecule has 134 valence electrons. The van der Waals surface area contributed by atoms with E-state index >= 15 is 0 Å². The Balaban J connectivity index is 2.24. The zero-order valence-corrected chi connectivity index (χ0v) is 14.6. The second-order valence-corrected chi connectivity index (χ2v) is 5.65. The van der Waals surface area contributed by atoms with E-state index in [0.29, 0.717) is 17.7 Å². The van der Waals surface area contributed by atoms with Gasteiger partial charge in [0.15, 0.2) is 0 Å². The first-order valence-electron chi connectivity index (χ1n) is 7.66. The average molecular weight is 356 g/mol. The number of benzene rings is 2. The maximum Gasteiger partial charge on any atom is 0.409 e. The molecule has 26 heavy (non-hydrogen) atoms. The predicted molar refractivity (Wildman–Crippen MR) is 94.1 cm³/mol. The maximum atomic E-state index is 13.4. The number of methoxy groups -OCH3 is 1. The van der Waals surface area contributed by atoms with Crippen molar-refractivity contribution in [2.45, 2.75) is 13.5 Å².